The van der Waals surface area contributed by atoms with Gasteiger partial charge in [0, 0.05) is 47.0 Å². The molecule has 0 aliphatic carbocycles. The molecule has 4 rings (SSSR count). The summed E-state index contributed by atoms with van der Waals surface area (Å²) in [5, 5.41) is 11.0. The number of rotatable bonds is 12. The van der Waals surface area contributed by atoms with Crippen molar-refractivity contribution in [1.29, 1.82) is 5.26 Å². The van der Waals surface area contributed by atoms with Gasteiger partial charge in [0.15, 0.2) is 0 Å². The fraction of sp³-hybridized carbons (Fsp3) is 0.226. The maximum atomic E-state index is 9.12. The lowest BCUT2D eigenvalue weighted by Crippen LogP contribution is -2.05. The number of aromatic nitrogens is 1. The minimum absolute atomic E-state index is 0.220. The lowest BCUT2D eigenvalue weighted by atomic mass is 9.96. The molecule has 0 amide bonds. The minimum atomic E-state index is 0.220. The molecule has 0 atom stereocenters. The van der Waals surface area contributed by atoms with Crippen molar-refractivity contribution in [3.05, 3.63) is 105 Å². The molecule has 0 unspecified atom stereocenters. The van der Waals surface area contributed by atoms with Crippen LogP contribution >= 0.6 is 39.1 Å². The molecule has 3 aromatic carbocycles. The van der Waals surface area contributed by atoms with E-state index in [0.29, 0.717) is 39.5 Å². The Morgan fingerprint density at radius 3 is 2.45 bits per heavy atom. The molecule has 0 saturated heterocycles. The summed E-state index contributed by atoms with van der Waals surface area (Å²) in [4.78, 5) is 4.08. The summed E-state index contributed by atoms with van der Waals surface area (Å²) in [7, 11) is 0. The topological polar surface area (TPSA) is 90.4 Å². The molecule has 0 fully saturated rings. The third kappa shape index (κ3) is 7.26. The van der Waals surface area contributed by atoms with Gasteiger partial charge in [0.2, 0.25) is 0 Å². The van der Waals surface area contributed by atoms with E-state index < -0.39 is 0 Å². The van der Waals surface area contributed by atoms with Crippen molar-refractivity contribution in [1.82, 2.24) is 4.98 Å². The molecule has 0 radical (unpaired) electrons. The number of nitrogens with zero attached hydrogens (tertiary/aromatic N) is 2. The lowest BCUT2D eigenvalue weighted by Gasteiger charge is -2.17. The first kappa shape index (κ1) is 29.7. The van der Waals surface area contributed by atoms with Gasteiger partial charge >= 0.3 is 0 Å². The van der Waals surface area contributed by atoms with Crippen LogP contribution in [-0.2, 0) is 19.8 Å². The van der Waals surface area contributed by atoms with Gasteiger partial charge in [-0.3, -0.25) is 4.98 Å². The Balaban J connectivity index is 1.53. The van der Waals surface area contributed by atoms with Crippen LogP contribution in [-0.4, -0.2) is 16.9 Å². The number of halogens is 3. The van der Waals surface area contributed by atoms with Crippen LogP contribution in [0.2, 0.25) is 10.0 Å². The van der Waals surface area contributed by atoms with Gasteiger partial charge in [0.1, 0.15) is 36.5 Å². The second-order valence-corrected chi connectivity index (χ2v) is 10.5. The highest BCUT2D eigenvalue weighted by atomic mass is 79.9. The number of ether oxygens (including phenoxy) is 3. The smallest absolute Gasteiger partial charge is 0.142 e. The molecule has 0 spiro atoms. The summed E-state index contributed by atoms with van der Waals surface area (Å²) in [6.45, 7) is 3.37. The standard InChI is InChI=1S/C31H28BrCl2N3O3/c1-20-23(5-2-6-25(20)26-7-3-8-28(31(26)34)38-10-4-9-32)19-40-30-13-29(24(15-36)12-27(30)33)39-18-22-11-21(14-35)16-37-17-22/h2-3,5-8,11-13,16-17H,4,9-10,15,18-19,36H2,1H3. The molecule has 4 aromatic rings. The van der Waals surface area contributed by atoms with Crippen LogP contribution in [0.3, 0.4) is 0 Å². The van der Waals surface area contributed by atoms with E-state index in [1.165, 1.54) is 6.20 Å². The Kier molecular flexibility index (Phi) is 10.7. The van der Waals surface area contributed by atoms with E-state index in [9.17, 15) is 0 Å². The van der Waals surface area contributed by atoms with E-state index in [-0.39, 0.29) is 19.8 Å². The summed E-state index contributed by atoms with van der Waals surface area (Å²) in [5.41, 5.74) is 11.8. The molecule has 0 aliphatic rings. The van der Waals surface area contributed by atoms with Gasteiger partial charge in [0.25, 0.3) is 0 Å². The van der Waals surface area contributed by atoms with E-state index >= 15 is 0 Å². The summed E-state index contributed by atoms with van der Waals surface area (Å²) in [5.74, 6) is 1.69. The first-order chi connectivity index (χ1) is 19.4. The zero-order valence-electron chi connectivity index (χ0n) is 21.9. The number of nitriles is 1. The zero-order chi connectivity index (χ0) is 28.5. The summed E-state index contributed by atoms with van der Waals surface area (Å²) in [6, 6.07) is 19.1. The van der Waals surface area contributed by atoms with Crippen molar-refractivity contribution in [2.75, 3.05) is 11.9 Å². The quantitative estimate of drug-likeness (QED) is 0.125. The van der Waals surface area contributed by atoms with E-state index in [0.717, 1.165) is 45.1 Å². The third-order valence-electron chi connectivity index (χ3n) is 6.27. The summed E-state index contributed by atoms with van der Waals surface area (Å²) < 4.78 is 18.1. The predicted octanol–water partition coefficient (Wildman–Crippen LogP) is 8.02. The Hall–Kier alpha value is -3.28. The van der Waals surface area contributed by atoms with Crippen molar-refractivity contribution in [3.63, 3.8) is 0 Å². The van der Waals surface area contributed by atoms with Gasteiger partial charge in [-0.15, -0.1) is 0 Å². The molecule has 9 heteroatoms. The number of alkyl halides is 1. The van der Waals surface area contributed by atoms with Crippen molar-refractivity contribution < 1.29 is 14.2 Å². The average Bonchev–Trinajstić information content (AvgIpc) is 2.97. The number of hydrogen-bond donors (Lipinski definition) is 1. The highest BCUT2D eigenvalue weighted by Crippen LogP contribution is 2.38. The van der Waals surface area contributed by atoms with E-state index in [2.05, 4.69) is 27.0 Å². The van der Waals surface area contributed by atoms with Crippen LogP contribution < -0.4 is 19.9 Å². The van der Waals surface area contributed by atoms with Crippen LogP contribution in [0.5, 0.6) is 17.2 Å². The number of benzene rings is 3. The van der Waals surface area contributed by atoms with Gasteiger partial charge in [0.05, 0.1) is 22.2 Å². The Bertz CT molecular complexity index is 1520. The van der Waals surface area contributed by atoms with E-state index in [1.807, 2.05) is 43.3 Å². The molecule has 40 heavy (non-hydrogen) atoms. The minimum Gasteiger partial charge on any atom is -0.492 e. The van der Waals surface area contributed by atoms with Gasteiger partial charge in [-0.05, 0) is 48.2 Å². The maximum absolute atomic E-state index is 9.12. The fourth-order valence-electron chi connectivity index (χ4n) is 4.12. The van der Waals surface area contributed by atoms with E-state index in [4.69, 9.17) is 48.4 Å². The molecule has 0 aliphatic heterocycles. The SMILES string of the molecule is Cc1c(COc2cc(OCc3cncc(C#N)c3)c(CN)cc2Cl)cccc1-c1cccc(OCCCBr)c1Cl. The van der Waals surface area contributed by atoms with Crippen molar-refractivity contribution in [2.24, 2.45) is 5.73 Å². The Labute approximate surface area is 252 Å². The van der Waals surface area contributed by atoms with Crippen LogP contribution in [0.1, 0.15) is 34.2 Å². The van der Waals surface area contributed by atoms with Gasteiger partial charge in [-0.2, -0.15) is 5.26 Å². The number of pyridine rings is 1. The van der Waals surface area contributed by atoms with Gasteiger partial charge in [-0.1, -0.05) is 69.5 Å². The van der Waals surface area contributed by atoms with Crippen LogP contribution in [0, 0.1) is 18.3 Å². The van der Waals surface area contributed by atoms with Crippen molar-refractivity contribution >= 4 is 39.1 Å². The monoisotopic (exact) mass is 639 g/mol. The second-order valence-electron chi connectivity index (χ2n) is 8.96. The molecule has 0 saturated carbocycles. The van der Waals surface area contributed by atoms with E-state index in [1.54, 1.807) is 24.4 Å². The molecule has 0 bridgehead atoms. The highest BCUT2D eigenvalue weighted by Gasteiger charge is 2.15. The predicted molar refractivity (Wildman–Crippen MR) is 162 cm³/mol. The first-order valence-electron chi connectivity index (χ1n) is 12.6. The summed E-state index contributed by atoms with van der Waals surface area (Å²) in [6.07, 6.45) is 4.05. The van der Waals surface area contributed by atoms with Crippen LogP contribution in [0.15, 0.2) is 67.0 Å². The molecule has 6 nitrogen and oxygen atoms in total. The highest BCUT2D eigenvalue weighted by molar-refractivity contribution is 9.09. The zero-order valence-corrected chi connectivity index (χ0v) is 25.0. The number of nitrogens with two attached hydrogens (primary N) is 1. The maximum Gasteiger partial charge on any atom is 0.142 e. The lowest BCUT2D eigenvalue weighted by molar-refractivity contribution is 0.287. The first-order valence-corrected chi connectivity index (χ1v) is 14.5. The van der Waals surface area contributed by atoms with Crippen molar-refractivity contribution in [3.8, 4) is 34.4 Å². The molecule has 2 N–H and O–H groups in total. The molecule has 206 valence electrons. The van der Waals surface area contributed by atoms with Gasteiger partial charge < -0.3 is 19.9 Å². The molecular formula is C31H28BrCl2N3O3. The summed E-state index contributed by atoms with van der Waals surface area (Å²) >= 11 is 16.7. The molecular weight excluding hydrogens is 613 g/mol. The molecule has 1 aromatic heterocycles. The van der Waals surface area contributed by atoms with Crippen LogP contribution in [0.25, 0.3) is 11.1 Å². The average molecular weight is 641 g/mol. The third-order valence-corrected chi connectivity index (χ3v) is 7.52. The normalized spacial score (nSPS) is 10.7. The number of hydrogen-bond acceptors (Lipinski definition) is 6. The molecule has 1 heterocycles. The van der Waals surface area contributed by atoms with Crippen LogP contribution in [0.4, 0.5) is 0 Å². The largest absolute Gasteiger partial charge is 0.492 e. The fourth-order valence-corrected chi connectivity index (χ4v) is 4.88. The Morgan fingerprint density at radius 2 is 1.68 bits per heavy atom. The Morgan fingerprint density at radius 1 is 0.900 bits per heavy atom. The van der Waals surface area contributed by atoms with Gasteiger partial charge in [-0.25, -0.2) is 0 Å². The van der Waals surface area contributed by atoms with Crippen molar-refractivity contribution in [2.45, 2.75) is 33.1 Å². The second kappa shape index (κ2) is 14.4.